The second-order valence-corrected chi connectivity index (χ2v) is 7.06. The van der Waals surface area contributed by atoms with Crippen LogP contribution in [0.15, 0.2) is 48.5 Å². The fourth-order valence-corrected chi connectivity index (χ4v) is 3.57. The standard InChI is InChI=1S/C22H21N3O3/c1-14-11-16-12-15(8-9-19(16)24-14)13-23-20(26)7-4-10-25-21(27)17-5-2-3-6-18(17)22(25)28/h2-3,5-6,8-9,11-12,24H,4,7,10,13H2,1H3,(H,23,26). The molecule has 0 aliphatic carbocycles. The Balaban J connectivity index is 1.27. The number of amides is 3. The predicted octanol–water partition coefficient (Wildman–Crippen LogP) is 3.17. The Morgan fingerprint density at radius 2 is 1.75 bits per heavy atom. The summed E-state index contributed by atoms with van der Waals surface area (Å²) in [5.74, 6) is -0.658. The Labute approximate surface area is 162 Å². The van der Waals surface area contributed by atoms with Crippen LogP contribution in [0.5, 0.6) is 0 Å². The van der Waals surface area contributed by atoms with Crippen molar-refractivity contribution in [1.29, 1.82) is 0 Å². The second kappa shape index (κ2) is 7.31. The monoisotopic (exact) mass is 375 g/mol. The van der Waals surface area contributed by atoms with Crippen LogP contribution in [0.25, 0.3) is 10.9 Å². The molecule has 0 unspecified atom stereocenters. The molecule has 142 valence electrons. The van der Waals surface area contributed by atoms with Gasteiger partial charge in [0.15, 0.2) is 0 Å². The SMILES string of the molecule is Cc1cc2cc(CNC(=O)CCCN3C(=O)c4ccccc4C3=O)ccc2[nH]1. The number of nitrogens with one attached hydrogen (secondary N) is 2. The number of carbonyl (C=O) groups excluding carboxylic acids is 3. The van der Waals surface area contributed by atoms with Gasteiger partial charge in [-0.2, -0.15) is 0 Å². The van der Waals surface area contributed by atoms with Crippen LogP contribution in [0.3, 0.4) is 0 Å². The highest BCUT2D eigenvalue weighted by Crippen LogP contribution is 2.22. The molecule has 2 N–H and O–H groups in total. The number of hydrogen-bond donors (Lipinski definition) is 2. The number of aromatic amines is 1. The molecule has 1 aliphatic rings. The van der Waals surface area contributed by atoms with E-state index in [0.717, 1.165) is 22.2 Å². The minimum absolute atomic E-state index is 0.0954. The lowest BCUT2D eigenvalue weighted by atomic mass is 10.1. The molecule has 6 heteroatoms. The number of imide groups is 1. The summed E-state index contributed by atoms with van der Waals surface area (Å²) in [5.41, 5.74) is 4.08. The Morgan fingerprint density at radius 1 is 1.04 bits per heavy atom. The van der Waals surface area contributed by atoms with Gasteiger partial charge < -0.3 is 10.3 Å². The summed E-state index contributed by atoms with van der Waals surface area (Å²) in [4.78, 5) is 41.2. The quantitative estimate of drug-likeness (QED) is 0.649. The van der Waals surface area contributed by atoms with Crippen LogP contribution >= 0.6 is 0 Å². The topological polar surface area (TPSA) is 82.3 Å². The number of aromatic nitrogens is 1. The zero-order chi connectivity index (χ0) is 19.7. The Morgan fingerprint density at radius 3 is 2.46 bits per heavy atom. The van der Waals surface area contributed by atoms with Crippen molar-refractivity contribution < 1.29 is 14.4 Å². The van der Waals surface area contributed by atoms with E-state index >= 15 is 0 Å². The van der Waals surface area contributed by atoms with E-state index in [1.165, 1.54) is 4.90 Å². The summed E-state index contributed by atoms with van der Waals surface area (Å²) in [7, 11) is 0. The van der Waals surface area contributed by atoms with Crippen LogP contribution < -0.4 is 5.32 Å². The van der Waals surface area contributed by atoms with Crippen LogP contribution in [-0.2, 0) is 11.3 Å². The molecule has 28 heavy (non-hydrogen) atoms. The largest absolute Gasteiger partial charge is 0.359 e. The van der Waals surface area contributed by atoms with E-state index in [0.29, 0.717) is 24.1 Å². The average molecular weight is 375 g/mol. The highest BCUT2D eigenvalue weighted by molar-refractivity contribution is 6.21. The predicted molar refractivity (Wildman–Crippen MR) is 106 cm³/mol. The van der Waals surface area contributed by atoms with Gasteiger partial charge in [0, 0.05) is 30.7 Å². The third-order valence-corrected chi connectivity index (χ3v) is 4.97. The third-order valence-electron chi connectivity index (χ3n) is 4.97. The summed E-state index contributed by atoms with van der Waals surface area (Å²) in [6.07, 6.45) is 0.701. The summed E-state index contributed by atoms with van der Waals surface area (Å²) in [6.45, 7) is 2.70. The minimum atomic E-state index is -0.281. The molecule has 4 rings (SSSR count). The van der Waals surface area contributed by atoms with Gasteiger partial charge in [0.1, 0.15) is 0 Å². The van der Waals surface area contributed by atoms with Crippen molar-refractivity contribution in [3.05, 3.63) is 70.9 Å². The van der Waals surface area contributed by atoms with Gasteiger partial charge in [-0.3, -0.25) is 19.3 Å². The van der Waals surface area contributed by atoms with Crippen LogP contribution in [0.4, 0.5) is 0 Å². The smallest absolute Gasteiger partial charge is 0.261 e. The number of carbonyl (C=O) groups is 3. The fourth-order valence-electron chi connectivity index (χ4n) is 3.57. The van der Waals surface area contributed by atoms with Crippen LogP contribution in [-0.4, -0.2) is 34.2 Å². The summed E-state index contributed by atoms with van der Waals surface area (Å²) in [6, 6.07) is 14.9. The lowest BCUT2D eigenvalue weighted by Gasteiger charge is -2.13. The molecule has 0 bridgehead atoms. The number of rotatable bonds is 6. The molecule has 2 aromatic carbocycles. The van der Waals surface area contributed by atoms with Gasteiger partial charge in [-0.25, -0.2) is 0 Å². The number of nitrogens with zero attached hydrogens (tertiary/aromatic N) is 1. The average Bonchev–Trinajstić information content (AvgIpc) is 3.18. The van der Waals surface area contributed by atoms with E-state index in [-0.39, 0.29) is 30.7 Å². The molecular weight excluding hydrogens is 354 g/mol. The molecule has 6 nitrogen and oxygen atoms in total. The highest BCUT2D eigenvalue weighted by Gasteiger charge is 2.34. The van der Waals surface area contributed by atoms with Gasteiger partial charge in [-0.1, -0.05) is 18.2 Å². The van der Waals surface area contributed by atoms with Gasteiger partial charge in [0.2, 0.25) is 5.91 Å². The molecule has 0 saturated heterocycles. The maximum absolute atomic E-state index is 12.3. The van der Waals surface area contributed by atoms with Crippen molar-refractivity contribution in [1.82, 2.24) is 15.2 Å². The molecule has 1 aliphatic heterocycles. The molecule has 1 aromatic heterocycles. The van der Waals surface area contributed by atoms with Gasteiger partial charge in [-0.15, -0.1) is 0 Å². The number of aryl methyl sites for hydroxylation is 1. The van der Waals surface area contributed by atoms with Crippen molar-refractivity contribution >= 4 is 28.6 Å². The lowest BCUT2D eigenvalue weighted by molar-refractivity contribution is -0.121. The zero-order valence-electron chi connectivity index (χ0n) is 15.6. The van der Waals surface area contributed by atoms with Gasteiger partial charge in [0.05, 0.1) is 11.1 Å². The summed E-state index contributed by atoms with van der Waals surface area (Å²) < 4.78 is 0. The molecule has 0 radical (unpaired) electrons. The molecule has 0 fully saturated rings. The lowest BCUT2D eigenvalue weighted by Crippen LogP contribution is -2.32. The Bertz CT molecular complexity index is 1050. The Hall–Kier alpha value is -3.41. The highest BCUT2D eigenvalue weighted by atomic mass is 16.2. The molecule has 0 spiro atoms. The molecular formula is C22H21N3O3. The zero-order valence-corrected chi connectivity index (χ0v) is 15.6. The third kappa shape index (κ3) is 3.41. The van der Waals surface area contributed by atoms with E-state index in [1.54, 1.807) is 24.3 Å². The van der Waals surface area contributed by atoms with Crippen LogP contribution in [0.2, 0.25) is 0 Å². The van der Waals surface area contributed by atoms with Crippen molar-refractivity contribution in [3.8, 4) is 0 Å². The first kappa shape index (κ1) is 18.0. The molecule has 0 saturated carbocycles. The number of hydrogen-bond acceptors (Lipinski definition) is 3. The van der Waals surface area contributed by atoms with Crippen molar-refractivity contribution in [2.24, 2.45) is 0 Å². The fraction of sp³-hybridized carbons (Fsp3) is 0.227. The van der Waals surface area contributed by atoms with Crippen molar-refractivity contribution in [3.63, 3.8) is 0 Å². The number of H-pyrrole nitrogens is 1. The van der Waals surface area contributed by atoms with Crippen LogP contribution in [0, 0.1) is 6.92 Å². The van der Waals surface area contributed by atoms with E-state index in [4.69, 9.17) is 0 Å². The second-order valence-electron chi connectivity index (χ2n) is 7.06. The van der Waals surface area contributed by atoms with Gasteiger partial charge in [0.25, 0.3) is 11.8 Å². The molecule has 0 atom stereocenters. The van der Waals surface area contributed by atoms with E-state index in [2.05, 4.69) is 22.4 Å². The maximum atomic E-state index is 12.3. The van der Waals surface area contributed by atoms with Crippen molar-refractivity contribution in [2.75, 3.05) is 6.54 Å². The van der Waals surface area contributed by atoms with Gasteiger partial charge >= 0.3 is 0 Å². The maximum Gasteiger partial charge on any atom is 0.261 e. The first-order valence-corrected chi connectivity index (χ1v) is 9.33. The number of fused-ring (bicyclic) bond motifs is 2. The van der Waals surface area contributed by atoms with Crippen molar-refractivity contribution in [2.45, 2.75) is 26.3 Å². The van der Waals surface area contributed by atoms with E-state index < -0.39 is 0 Å². The number of benzene rings is 2. The normalized spacial score (nSPS) is 13.2. The first-order valence-electron chi connectivity index (χ1n) is 9.33. The van der Waals surface area contributed by atoms with Gasteiger partial charge in [-0.05, 0) is 54.6 Å². The van der Waals surface area contributed by atoms with E-state index in [1.807, 2.05) is 19.1 Å². The summed E-state index contributed by atoms with van der Waals surface area (Å²) in [5, 5.41) is 4.02. The van der Waals surface area contributed by atoms with Crippen LogP contribution in [0.1, 0.15) is 44.8 Å². The molecule has 2 heterocycles. The minimum Gasteiger partial charge on any atom is -0.359 e. The first-order chi connectivity index (χ1) is 13.5. The Kier molecular flexibility index (Phi) is 4.69. The van der Waals surface area contributed by atoms with E-state index in [9.17, 15) is 14.4 Å². The summed E-state index contributed by atoms with van der Waals surface area (Å²) >= 11 is 0. The molecule has 3 aromatic rings. The molecule has 3 amide bonds.